The molecule has 0 spiro atoms. The molecular formula is C20H21N5O2. The second kappa shape index (κ2) is 6.86. The van der Waals surface area contributed by atoms with Crippen molar-refractivity contribution in [2.75, 3.05) is 36.8 Å². The maximum absolute atomic E-state index is 13.3. The number of carbonyl (C=O) groups is 2. The number of anilines is 2. The number of nitrogens with one attached hydrogen (secondary N) is 3. The first kappa shape index (κ1) is 17.3. The minimum absolute atomic E-state index is 0.168. The Labute approximate surface area is 156 Å². The van der Waals surface area contributed by atoms with Crippen LogP contribution < -0.4 is 22.1 Å². The van der Waals surface area contributed by atoms with Crippen LogP contribution in [0, 0.1) is 0 Å². The summed E-state index contributed by atoms with van der Waals surface area (Å²) in [6, 6.07) is 8.81. The first-order valence-corrected chi connectivity index (χ1v) is 8.92. The van der Waals surface area contributed by atoms with Gasteiger partial charge in [-0.15, -0.1) is 0 Å². The third kappa shape index (κ3) is 2.59. The topological polar surface area (TPSA) is 126 Å². The number of nitrogens with two attached hydrogens (primary N) is 2. The van der Waals surface area contributed by atoms with E-state index < -0.39 is 0 Å². The highest BCUT2D eigenvalue weighted by Crippen LogP contribution is 2.42. The molecular weight excluding hydrogens is 342 g/mol. The minimum atomic E-state index is -0.174. The molecule has 1 heterocycles. The van der Waals surface area contributed by atoms with E-state index in [1.54, 1.807) is 30.5 Å². The lowest BCUT2D eigenvalue weighted by atomic mass is 9.81. The summed E-state index contributed by atoms with van der Waals surface area (Å²) < 4.78 is 0. The third-order valence-corrected chi connectivity index (χ3v) is 4.78. The Hall–Kier alpha value is -3.16. The number of ketones is 2. The Morgan fingerprint density at radius 2 is 1.37 bits per heavy atom. The predicted octanol–water partition coefficient (Wildman–Crippen LogP) is 1.68. The van der Waals surface area contributed by atoms with Crippen LogP contribution in [0.4, 0.5) is 11.4 Å². The Bertz CT molecular complexity index is 973. The van der Waals surface area contributed by atoms with Gasteiger partial charge in [-0.1, -0.05) is 24.3 Å². The Morgan fingerprint density at radius 1 is 0.815 bits per heavy atom. The van der Waals surface area contributed by atoms with E-state index in [2.05, 4.69) is 15.6 Å². The van der Waals surface area contributed by atoms with Gasteiger partial charge in [0.2, 0.25) is 0 Å². The van der Waals surface area contributed by atoms with Crippen molar-refractivity contribution in [3.8, 4) is 0 Å². The van der Waals surface area contributed by atoms with E-state index in [9.17, 15) is 9.59 Å². The molecule has 27 heavy (non-hydrogen) atoms. The van der Waals surface area contributed by atoms with Crippen LogP contribution in [-0.4, -0.2) is 42.7 Å². The van der Waals surface area contributed by atoms with Crippen LogP contribution in [0.5, 0.6) is 0 Å². The molecule has 0 fully saturated rings. The van der Waals surface area contributed by atoms with Gasteiger partial charge in [0.15, 0.2) is 11.6 Å². The molecule has 1 aliphatic rings. The van der Waals surface area contributed by atoms with Crippen LogP contribution in [0.3, 0.4) is 0 Å². The zero-order chi connectivity index (χ0) is 19.0. The molecule has 138 valence electrons. The smallest absolute Gasteiger partial charge is 0.196 e. The average molecular weight is 363 g/mol. The lowest BCUT2D eigenvalue weighted by molar-refractivity contribution is 0.0980. The molecule has 3 aromatic rings. The van der Waals surface area contributed by atoms with Crippen molar-refractivity contribution in [1.82, 2.24) is 4.98 Å². The van der Waals surface area contributed by atoms with Crippen molar-refractivity contribution in [3.05, 3.63) is 58.8 Å². The van der Waals surface area contributed by atoms with E-state index in [1.807, 2.05) is 6.07 Å². The number of hydrogen-bond donors (Lipinski definition) is 5. The van der Waals surface area contributed by atoms with Crippen molar-refractivity contribution in [1.29, 1.82) is 0 Å². The fraction of sp³-hybridized carbons (Fsp3) is 0.200. The van der Waals surface area contributed by atoms with E-state index in [0.29, 0.717) is 59.8 Å². The number of aromatic nitrogens is 1. The quantitative estimate of drug-likeness (QED) is 0.332. The summed E-state index contributed by atoms with van der Waals surface area (Å²) in [6.07, 6.45) is 1.79. The number of benzene rings is 2. The summed E-state index contributed by atoms with van der Waals surface area (Å²) in [7, 11) is 0. The number of fused-ring (bicyclic) bond motifs is 3. The predicted molar refractivity (Wildman–Crippen MR) is 107 cm³/mol. The van der Waals surface area contributed by atoms with Gasteiger partial charge in [-0.3, -0.25) is 9.59 Å². The van der Waals surface area contributed by atoms with Gasteiger partial charge in [-0.05, 0) is 6.07 Å². The van der Waals surface area contributed by atoms with Crippen molar-refractivity contribution in [2.45, 2.75) is 0 Å². The summed E-state index contributed by atoms with van der Waals surface area (Å²) in [5.74, 6) is -0.342. The van der Waals surface area contributed by atoms with Gasteiger partial charge >= 0.3 is 0 Å². The van der Waals surface area contributed by atoms with Crippen LogP contribution >= 0.6 is 0 Å². The fourth-order valence-corrected chi connectivity index (χ4v) is 3.65. The van der Waals surface area contributed by atoms with Gasteiger partial charge in [0.1, 0.15) is 0 Å². The molecule has 0 aliphatic heterocycles. The van der Waals surface area contributed by atoms with E-state index in [4.69, 9.17) is 11.5 Å². The molecule has 0 radical (unpaired) electrons. The van der Waals surface area contributed by atoms with Crippen molar-refractivity contribution >= 4 is 33.8 Å². The zero-order valence-electron chi connectivity index (χ0n) is 14.8. The Morgan fingerprint density at radius 3 is 1.96 bits per heavy atom. The molecule has 7 N–H and O–H groups in total. The lowest BCUT2D eigenvalue weighted by Gasteiger charge is -2.25. The van der Waals surface area contributed by atoms with Crippen molar-refractivity contribution in [3.63, 3.8) is 0 Å². The van der Waals surface area contributed by atoms with Gasteiger partial charge in [0.05, 0.1) is 28.0 Å². The van der Waals surface area contributed by atoms with Gasteiger partial charge in [-0.2, -0.15) is 0 Å². The molecule has 0 unspecified atom stereocenters. The van der Waals surface area contributed by atoms with Crippen LogP contribution in [0.25, 0.3) is 10.9 Å². The molecule has 2 aromatic carbocycles. The molecule has 0 atom stereocenters. The molecule has 0 saturated carbocycles. The SMILES string of the molecule is NCCNc1c2c(c(NCCN)c3[nH]ccc13)C(=O)c1ccccc1C2=O. The maximum Gasteiger partial charge on any atom is 0.196 e. The van der Waals surface area contributed by atoms with Crippen LogP contribution in [0.1, 0.15) is 31.8 Å². The summed E-state index contributed by atoms with van der Waals surface area (Å²) in [6.45, 7) is 1.79. The number of rotatable bonds is 6. The molecule has 0 bridgehead atoms. The maximum atomic E-state index is 13.3. The first-order valence-electron chi connectivity index (χ1n) is 8.92. The number of H-pyrrole nitrogens is 1. The molecule has 4 rings (SSSR count). The van der Waals surface area contributed by atoms with E-state index in [0.717, 1.165) is 10.9 Å². The van der Waals surface area contributed by atoms with Crippen LogP contribution in [0.15, 0.2) is 36.5 Å². The van der Waals surface area contributed by atoms with Crippen molar-refractivity contribution < 1.29 is 9.59 Å². The zero-order valence-corrected chi connectivity index (χ0v) is 14.8. The molecule has 0 saturated heterocycles. The van der Waals surface area contributed by atoms with Gasteiger partial charge in [-0.25, -0.2) is 0 Å². The molecule has 0 amide bonds. The van der Waals surface area contributed by atoms with Gasteiger partial charge in [0, 0.05) is 48.9 Å². The largest absolute Gasteiger partial charge is 0.383 e. The molecule has 1 aromatic heterocycles. The molecule has 1 aliphatic carbocycles. The van der Waals surface area contributed by atoms with E-state index >= 15 is 0 Å². The van der Waals surface area contributed by atoms with Gasteiger partial charge < -0.3 is 27.1 Å². The van der Waals surface area contributed by atoms with E-state index in [-0.39, 0.29) is 11.6 Å². The van der Waals surface area contributed by atoms with Crippen LogP contribution in [0.2, 0.25) is 0 Å². The van der Waals surface area contributed by atoms with Crippen molar-refractivity contribution in [2.24, 2.45) is 11.5 Å². The number of aromatic amines is 1. The summed E-state index contributed by atoms with van der Waals surface area (Å²) in [5.41, 5.74) is 14.9. The molecule has 7 nitrogen and oxygen atoms in total. The minimum Gasteiger partial charge on any atom is -0.383 e. The Kier molecular flexibility index (Phi) is 4.39. The average Bonchev–Trinajstić information content (AvgIpc) is 3.18. The second-order valence-corrected chi connectivity index (χ2v) is 6.40. The number of carbonyl (C=O) groups excluding carboxylic acids is 2. The summed E-state index contributed by atoms with van der Waals surface area (Å²) in [4.78, 5) is 29.9. The highest BCUT2D eigenvalue weighted by molar-refractivity contribution is 6.35. The summed E-state index contributed by atoms with van der Waals surface area (Å²) in [5, 5.41) is 7.32. The number of hydrogen-bond acceptors (Lipinski definition) is 6. The van der Waals surface area contributed by atoms with Gasteiger partial charge in [0.25, 0.3) is 0 Å². The highest BCUT2D eigenvalue weighted by atomic mass is 16.1. The third-order valence-electron chi connectivity index (χ3n) is 4.78. The standard InChI is InChI=1S/C20H21N5O2/c21-6-9-24-16-13-5-8-23-17(13)18(25-10-7-22)15-14(16)19(26)11-3-1-2-4-12(11)20(15)27/h1-5,8,23-25H,6-7,9-10,21-22H2. The monoisotopic (exact) mass is 363 g/mol. The second-order valence-electron chi connectivity index (χ2n) is 6.40. The normalized spacial score (nSPS) is 12.8. The van der Waals surface area contributed by atoms with Crippen LogP contribution in [-0.2, 0) is 0 Å². The molecule has 7 heteroatoms. The van der Waals surface area contributed by atoms with E-state index in [1.165, 1.54) is 0 Å². The summed E-state index contributed by atoms with van der Waals surface area (Å²) >= 11 is 0. The fourth-order valence-electron chi connectivity index (χ4n) is 3.65. The lowest BCUT2D eigenvalue weighted by Crippen LogP contribution is -2.26. The highest BCUT2D eigenvalue weighted by Gasteiger charge is 2.35. The first-order chi connectivity index (χ1) is 13.2. The Balaban J connectivity index is 2.06.